The molecule has 1 heterocycles. The smallest absolute Gasteiger partial charge is 0.231 e. The highest BCUT2D eigenvalue weighted by Crippen LogP contribution is 2.05. The van der Waals surface area contributed by atoms with Crippen molar-refractivity contribution in [1.82, 2.24) is 4.83 Å². The first kappa shape index (κ1) is 2.96. The van der Waals surface area contributed by atoms with Gasteiger partial charge in [-0.1, -0.05) is 5.22 Å². The highest BCUT2D eigenvalue weighted by molar-refractivity contribution is 7.99. The summed E-state index contributed by atoms with van der Waals surface area (Å²) in [4.78, 5) is 2.49. The molecule has 3 nitrogen and oxygen atoms in total. The maximum Gasteiger partial charge on any atom is 0.232 e. The summed E-state index contributed by atoms with van der Waals surface area (Å²) in [6, 6.07) is 0. The SMILES string of the molecule is [C]1N=NNS1. The molecular weight excluding hydrogens is 86.1 g/mol. The van der Waals surface area contributed by atoms with Crippen LogP contribution in [0.2, 0.25) is 0 Å². The average molecular weight is 87.1 g/mol. The summed E-state index contributed by atoms with van der Waals surface area (Å²) < 4.78 is 0. The zero-order chi connectivity index (χ0) is 3.54. The first-order chi connectivity index (χ1) is 2.50. The number of hydrogen-bond donors (Lipinski definition) is 1. The molecule has 5 heavy (non-hydrogen) atoms. The van der Waals surface area contributed by atoms with Crippen molar-refractivity contribution in [2.45, 2.75) is 0 Å². The van der Waals surface area contributed by atoms with Crippen LogP contribution in [0, 0.1) is 5.88 Å². The molecule has 0 aromatic heterocycles. The Hall–Kier alpha value is -0.250. The Balaban J connectivity index is 2.32. The van der Waals surface area contributed by atoms with E-state index in [9.17, 15) is 0 Å². The van der Waals surface area contributed by atoms with Crippen LogP contribution in [-0.2, 0) is 0 Å². The summed E-state index contributed by atoms with van der Waals surface area (Å²) in [6.45, 7) is 0. The van der Waals surface area contributed by atoms with Gasteiger partial charge in [-0.3, -0.25) is 0 Å². The molecule has 0 amide bonds. The Morgan fingerprint density at radius 3 is 3.00 bits per heavy atom. The van der Waals surface area contributed by atoms with Gasteiger partial charge >= 0.3 is 0 Å². The van der Waals surface area contributed by atoms with Gasteiger partial charge in [0.05, 0.1) is 0 Å². The number of rotatable bonds is 0. The zero-order valence-corrected chi connectivity index (χ0v) is 3.12. The van der Waals surface area contributed by atoms with Gasteiger partial charge in [0.1, 0.15) is 0 Å². The third-order valence-electron chi connectivity index (χ3n) is 0.223. The van der Waals surface area contributed by atoms with Crippen molar-refractivity contribution in [1.29, 1.82) is 0 Å². The third kappa shape index (κ3) is 0.509. The number of nitrogens with one attached hydrogen (secondary N) is 1. The van der Waals surface area contributed by atoms with E-state index in [1.165, 1.54) is 11.9 Å². The van der Waals surface area contributed by atoms with Crippen LogP contribution in [0.25, 0.3) is 0 Å². The van der Waals surface area contributed by atoms with Crippen molar-refractivity contribution < 1.29 is 0 Å². The van der Waals surface area contributed by atoms with Gasteiger partial charge in [-0.05, 0) is 0 Å². The standard InChI is InChI=1S/CHN3S/c1-2-3-4-5-1/h(H,2,4). The van der Waals surface area contributed by atoms with Gasteiger partial charge < -0.3 is 0 Å². The maximum absolute atomic E-state index is 3.31. The van der Waals surface area contributed by atoms with E-state index in [4.69, 9.17) is 0 Å². The number of nitrogens with zero attached hydrogens (tertiary/aromatic N) is 2. The topological polar surface area (TPSA) is 36.8 Å². The van der Waals surface area contributed by atoms with Gasteiger partial charge in [0.2, 0.25) is 5.88 Å². The van der Waals surface area contributed by atoms with Gasteiger partial charge in [0.25, 0.3) is 0 Å². The molecule has 0 aliphatic carbocycles. The molecule has 0 atom stereocenters. The Labute approximate surface area is 34.0 Å². The van der Waals surface area contributed by atoms with Crippen molar-refractivity contribution in [2.24, 2.45) is 10.3 Å². The van der Waals surface area contributed by atoms with E-state index in [0.717, 1.165) is 0 Å². The lowest BCUT2D eigenvalue weighted by Gasteiger charge is -1.69. The Kier molecular flexibility index (Phi) is 0.744. The molecule has 1 N–H and O–H groups in total. The minimum atomic E-state index is 1.24. The summed E-state index contributed by atoms with van der Waals surface area (Å²) in [6.07, 6.45) is 0. The molecule has 4 heteroatoms. The normalized spacial score (nSPS) is 19.2. The predicted octanol–water partition coefficient (Wildman–Crippen LogP) is 0.601. The van der Waals surface area contributed by atoms with Crippen molar-refractivity contribution in [3.8, 4) is 0 Å². The van der Waals surface area contributed by atoms with E-state index in [-0.39, 0.29) is 0 Å². The summed E-state index contributed by atoms with van der Waals surface area (Å²) >= 11 is 1.24. The van der Waals surface area contributed by atoms with Crippen LogP contribution in [0.4, 0.5) is 0 Å². The van der Waals surface area contributed by atoms with Crippen LogP contribution in [0.3, 0.4) is 0 Å². The van der Waals surface area contributed by atoms with Crippen molar-refractivity contribution in [3.05, 3.63) is 5.88 Å². The molecule has 1 rings (SSSR count). The van der Waals surface area contributed by atoms with Gasteiger partial charge in [0.15, 0.2) is 0 Å². The third-order valence-corrected chi connectivity index (χ3v) is 0.569. The summed E-state index contributed by atoms with van der Waals surface area (Å²) in [5.74, 6) is 2.49. The first-order valence-electron chi connectivity index (χ1n) is 1.06. The maximum atomic E-state index is 3.31. The minimum absolute atomic E-state index is 1.24. The highest BCUT2D eigenvalue weighted by atomic mass is 32.2. The molecule has 2 radical (unpaired) electrons. The molecule has 0 saturated carbocycles. The van der Waals surface area contributed by atoms with Crippen LogP contribution in [-0.4, -0.2) is 0 Å². The fraction of sp³-hybridized carbons (Fsp3) is 0. The second kappa shape index (κ2) is 1.26. The van der Waals surface area contributed by atoms with Crippen LogP contribution in [0.1, 0.15) is 0 Å². The summed E-state index contributed by atoms with van der Waals surface area (Å²) in [7, 11) is 0. The molecule has 0 spiro atoms. The molecule has 1 aliphatic rings. The quantitative estimate of drug-likeness (QED) is 0.439. The van der Waals surface area contributed by atoms with Gasteiger partial charge in [-0.15, -0.1) is 5.11 Å². The van der Waals surface area contributed by atoms with E-state index in [0.29, 0.717) is 0 Å². The van der Waals surface area contributed by atoms with Gasteiger partial charge in [0, 0.05) is 11.9 Å². The minimum Gasteiger partial charge on any atom is -0.231 e. The Bertz CT molecular complexity index is 44.9. The molecule has 26 valence electrons. The lowest BCUT2D eigenvalue weighted by molar-refractivity contribution is 1.01. The van der Waals surface area contributed by atoms with E-state index >= 15 is 0 Å². The summed E-state index contributed by atoms with van der Waals surface area (Å²) in [5, 5.41) is 6.62. The van der Waals surface area contributed by atoms with E-state index in [1.54, 1.807) is 0 Å². The van der Waals surface area contributed by atoms with E-state index in [1.807, 2.05) is 0 Å². The molecule has 0 aromatic carbocycles. The predicted molar refractivity (Wildman–Crippen MR) is 18.8 cm³/mol. The van der Waals surface area contributed by atoms with Gasteiger partial charge in [-0.2, -0.15) is 0 Å². The molecule has 0 unspecified atom stereocenters. The molecule has 0 bridgehead atoms. The van der Waals surface area contributed by atoms with Crippen LogP contribution in [0.5, 0.6) is 0 Å². The largest absolute Gasteiger partial charge is 0.232 e. The van der Waals surface area contributed by atoms with E-state index in [2.05, 4.69) is 21.0 Å². The molecule has 0 aromatic rings. The monoisotopic (exact) mass is 87.0 g/mol. The fourth-order valence-corrected chi connectivity index (χ4v) is 0.306. The molecular formula is CHN3S. The number of hydrogen-bond acceptors (Lipinski definition) is 4. The molecule has 0 fully saturated rings. The van der Waals surface area contributed by atoms with Crippen molar-refractivity contribution >= 4 is 11.9 Å². The van der Waals surface area contributed by atoms with Crippen molar-refractivity contribution in [3.63, 3.8) is 0 Å². The first-order valence-corrected chi connectivity index (χ1v) is 1.87. The van der Waals surface area contributed by atoms with E-state index < -0.39 is 0 Å². The Morgan fingerprint density at radius 2 is 2.80 bits per heavy atom. The van der Waals surface area contributed by atoms with Crippen LogP contribution < -0.4 is 4.83 Å². The van der Waals surface area contributed by atoms with Gasteiger partial charge in [-0.25, -0.2) is 4.83 Å². The Morgan fingerprint density at radius 1 is 1.80 bits per heavy atom. The summed E-state index contributed by atoms with van der Waals surface area (Å²) in [5.41, 5.74) is 0. The van der Waals surface area contributed by atoms with Crippen LogP contribution >= 0.6 is 11.9 Å². The molecule has 0 saturated heterocycles. The second-order valence-corrected chi connectivity index (χ2v) is 1.05. The fourth-order valence-electron chi connectivity index (χ4n) is 0.102. The zero-order valence-electron chi connectivity index (χ0n) is 2.30. The van der Waals surface area contributed by atoms with Crippen LogP contribution in [0.15, 0.2) is 10.3 Å². The van der Waals surface area contributed by atoms with Crippen molar-refractivity contribution in [2.75, 3.05) is 0 Å². The second-order valence-electron chi connectivity index (χ2n) is 0.485. The lowest BCUT2D eigenvalue weighted by atomic mass is 11.5. The average Bonchev–Trinajstić information content (AvgIpc) is 1.76. The highest BCUT2D eigenvalue weighted by Gasteiger charge is 1.88. The lowest BCUT2D eigenvalue weighted by Crippen LogP contribution is -1.76. The molecule has 1 aliphatic heterocycles.